The van der Waals surface area contributed by atoms with E-state index in [4.69, 9.17) is 12.2 Å². The Morgan fingerprint density at radius 2 is 2.16 bits per heavy atom. The van der Waals surface area contributed by atoms with Crippen molar-refractivity contribution in [3.8, 4) is 0 Å². The van der Waals surface area contributed by atoms with Crippen molar-refractivity contribution in [1.29, 1.82) is 0 Å². The molecule has 112 valence electrons. The van der Waals surface area contributed by atoms with Crippen LogP contribution in [0.5, 0.6) is 0 Å². The molecule has 0 amide bonds. The number of hydrogen-bond acceptors (Lipinski definition) is 5. The lowest BCUT2D eigenvalue weighted by molar-refractivity contribution is 0.0714. The molecule has 0 saturated carbocycles. The van der Waals surface area contributed by atoms with Crippen LogP contribution < -0.4 is 5.32 Å². The Bertz CT molecular complexity index is 398. The van der Waals surface area contributed by atoms with E-state index in [2.05, 4.69) is 11.6 Å². The zero-order valence-corrected chi connectivity index (χ0v) is 14.2. The van der Waals surface area contributed by atoms with Gasteiger partial charge in [0, 0.05) is 20.6 Å². The number of thioether (sulfide) groups is 1. The molecular weight excluding hydrogens is 302 g/mol. The summed E-state index contributed by atoms with van der Waals surface area (Å²) in [5.41, 5.74) is 0. The molecule has 1 atom stereocenters. The standard InChI is InChI=1S/C11H23N3O2S3/c1-13(2)14(10-5-8-19(15,16)9-10)11(17)12-6-4-7-18-3/h10H,4-9H2,1-3H3,(H,12,17)/t10-/m1/s1. The van der Waals surface area contributed by atoms with Gasteiger partial charge >= 0.3 is 0 Å². The zero-order valence-electron chi connectivity index (χ0n) is 11.8. The second kappa shape index (κ2) is 7.66. The molecule has 5 nitrogen and oxygen atoms in total. The van der Waals surface area contributed by atoms with Crippen molar-refractivity contribution in [2.24, 2.45) is 0 Å². The highest BCUT2D eigenvalue weighted by Crippen LogP contribution is 2.18. The summed E-state index contributed by atoms with van der Waals surface area (Å²) in [7, 11) is 0.884. The first-order valence-corrected chi connectivity index (χ1v) is 9.93. The Morgan fingerprint density at radius 3 is 2.63 bits per heavy atom. The summed E-state index contributed by atoms with van der Waals surface area (Å²) in [6.45, 7) is 0.823. The lowest BCUT2D eigenvalue weighted by atomic mass is 10.2. The third-order valence-electron chi connectivity index (χ3n) is 2.99. The fraction of sp³-hybridized carbons (Fsp3) is 0.909. The van der Waals surface area contributed by atoms with Crippen LogP contribution in [0.4, 0.5) is 0 Å². The normalized spacial score (nSPS) is 21.6. The van der Waals surface area contributed by atoms with Crippen molar-refractivity contribution in [2.45, 2.75) is 18.9 Å². The third kappa shape index (κ3) is 5.45. The monoisotopic (exact) mass is 325 g/mol. The van der Waals surface area contributed by atoms with Crippen molar-refractivity contribution in [3.05, 3.63) is 0 Å². The van der Waals surface area contributed by atoms with E-state index in [1.807, 2.05) is 24.1 Å². The lowest BCUT2D eigenvalue weighted by Gasteiger charge is -2.36. The molecule has 0 bridgehead atoms. The first-order valence-electron chi connectivity index (χ1n) is 6.31. The van der Waals surface area contributed by atoms with Crippen molar-refractivity contribution >= 4 is 38.9 Å². The summed E-state index contributed by atoms with van der Waals surface area (Å²) < 4.78 is 23.2. The minimum absolute atomic E-state index is 0.0412. The molecule has 8 heteroatoms. The van der Waals surface area contributed by atoms with Crippen LogP contribution in [0.1, 0.15) is 12.8 Å². The number of hydrogen-bond donors (Lipinski definition) is 1. The molecular formula is C11H23N3O2S3. The summed E-state index contributed by atoms with van der Waals surface area (Å²) in [5, 5.41) is 7.59. The maximum atomic E-state index is 11.6. The highest BCUT2D eigenvalue weighted by atomic mass is 32.2. The van der Waals surface area contributed by atoms with E-state index in [-0.39, 0.29) is 17.5 Å². The fourth-order valence-corrected chi connectivity index (χ4v) is 4.67. The van der Waals surface area contributed by atoms with Crippen LogP contribution in [-0.2, 0) is 9.84 Å². The van der Waals surface area contributed by atoms with E-state index in [1.54, 1.807) is 11.8 Å². The van der Waals surface area contributed by atoms with Gasteiger partial charge in [0.25, 0.3) is 0 Å². The number of thiocarbonyl (C=S) groups is 1. The molecule has 1 saturated heterocycles. The van der Waals surface area contributed by atoms with E-state index in [0.717, 1.165) is 18.7 Å². The molecule has 1 fully saturated rings. The number of sulfone groups is 1. The Morgan fingerprint density at radius 1 is 1.47 bits per heavy atom. The van der Waals surface area contributed by atoms with Crippen LogP contribution in [0, 0.1) is 0 Å². The molecule has 0 unspecified atom stereocenters. The highest BCUT2D eigenvalue weighted by molar-refractivity contribution is 7.98. The fourth-order valence-electron chi connectivity index (χ4n) is 2.14. The van der Waals surface area contributed by atoms with Crippen LogP contribution in [0.15, 0.2) is 0 Å². The minimum Gasteiger partial charge on any atom is -0.361 e. The predicted molar refractivity (Wildman–Crippen MR) is 86.2 cm³/mol. The molecule has 0 aromatic rings. The van der Waals surface area contributed by atoms with Gasteiger partial charge in [-0.2, -0.15) is 11.8 Å². The summed E-state index contributed by atoms with van der Waals surface area (Å²) in [6, 6.07) is -0.0412. The summed E-state index contributed by atoms with van der Waals surface area (Å²) in [4.78, 5) is 0. The van der Waals surface area contributed by atoms with Gasteiger partial charge in [-0.25, -0.2) is 13.4 Å². The van der Waals surface area contributed by atoms with Gasteiger partial charge in [0.1, 0.15) is 0 Å². The maximum absolute atomic E-state index is 11.6. The second-order valence-corrected chi connectivity index (χ2v) is 8.43. The van der Waals surface area contributed by atoms with E-state index < -0.39 is 9.84 Å². The summed E-state index contributed by atoms with van der Waals surface area (Å²) in [5.74, 6) is 1.55. The van der Waals surface area contributed by atoms with E-state index in [1.165, 1.54) is 0 Å². The number of nitrogens with zero attached hydrogens (tertiary/aromatic N) is 2. The van der Waals surface area contributed by atoms with Crippen LogP contribution >= 0.6 is 24.0 Å². The Labute approximate surface area is 126 Å². The molecule has 1 aliphatic rings. The van der Waals surface area contributed by atoms with Gasteiger partial charge in [0.15, 0.2) is 14.9 Å². The Kier molecular flexibility index (Phi) is 6.85. The number of rotatable bonds is 6. The van der Waals surface area contributed by atoms with Crippen LogP contribution in [-0.4, -0.2) is 73.7 Å². The van der Waals surface area contributed by atoms with Crippen molar-refractivity contribution < 1.29 is 8.42 Å². The first kappa shape index (κ1) is 17.0. The van der Waals surface area contributed by atoms with Crippen molar-refractivity contribution in [1.82, 2.24) is 15.3 Å². The summed E-state index contributed by atoms with van der Waals surface area (Å²) in [6.07, 6.45) is 3.77. The quantitative estimate of drug-likeness (QED) is 0.435. The molecule has 1 heterocycles. The molecule has 0 radical (unpaired) electrons. The molecule has 1 N–H and O–H groups in total. The Hall–Kier alpha value is -0.0500. The highest BCUT2D eigenvalue weighted by Gasteiger charge is 2.34. The van der Waals surface area contributed by atoms with Crippen molar-refractivity contribution in [2.75, 3.05) is 44.2 Å². The van der Waals surface area contributed by atoms with E-state index in [0.29, 0.717) is 11.5 Å². The second-order valence-electron chi connectivity index (χ2n) is 4.83. The minimum atomic E-state index is -2.90. The zero-order chi connectivity index (χ0) is 14.5. The van der Waals surface area contributed by atoms with Crippen LogP contribution in [0.25, 0.3) is 0 Å². The van der Waals surface area contributed by atoms with Crippen LogP contribution in [0.3, 0.4) is 0 Å². The first-order chi connectivity index (χ1) is 8.87. The third-order valence-corrected chi connectivity index (χ3v) is 5.77. The molecule has 1 rings (SSSR count). The van der Waals surface area contributed by atoms with Gasteiger partial charge < -0.3 is 5.32 Å². The molecule has 0 aromatic carbocycles. The largest absolute Gasteiger partial charge is 0.361 e. The molecule has 1 aliphatic heterocycles. The lowest BCUT2D eigenvalue weighted by Crippen LogP contribution is -2.53. The molecule has 0 aromatic heterocycles. The molecule has 0 aliphatic carbocycles. The van der Waals surface area contributed by atoms with E-state index >= 15 is 0 Å². The summed E-state index contributed by atoms with van der Waals surface area (Å²) >= 11 is 7.19. The van der Waals surface area contributed by atoms with Gasteiger partial charge in [-0.15, -0.1) is 0 Å². The smallest absolute Gasteiger partial charge is 0.183 e. The maximum Gasteiger partial charge on any atom is 0.183 e. The molecule has 19 heavy (non-hydrogen) atoms. The van der Waals surface area contributed by atoms with Gasteiger partial charge in [0.2, 0.25) is 0 Å². The van der Waals surface area contributed by atoms with Crippen molar-refractivity contribution in [3.63, 3.8) is 0 Å². The van der Waals surface area contributed by atoms with Gasteiger partial charge in [0.05, 0.1) is 17.5 Å². The van der Waals surface area contributed by atoms with Gasteiger partial charge in [-0.1, -0.05) is 0 Å². The average Bonchev–Trinajstić information content (AvgIpc) is 2.64. The molecule has 0 spiro atoms. The SMILES string of the molecule is CSCCCNC(=S)N([C@@H]1CCS(=O)(=O)C1)N(C)C. The predicted octanol–water partition coefficient (Wildman–Crippen LogP) is 0.580. The van der Waals surface area contributed by atoms with Crippen LogP contribution in [0.2, 0.25) is 0 Å². The average molecular weight is 326 g/mol. The van der Waals surface area contributed by atoms with E-state index in [9.17, 15) is 8.42 Å². The topological polar surface area (TPSA) is 52.7 Å². The van der Waals surface area contributed by atoms with Gasteiger partial charge in [-0.05, 0) is 37.1 Å². The van der Waals surface area contributed by atoms with Gasteiger partial charge in [-0.3, -0.25) is 5.01 Å². The number of nitrogens with one attached hydrogen (secondary N) is 1. The number of hydrazine groups is 1. The Balaban J connectivity index is 2.55.